The Morgan fingerprint density at radius 1 is 1.36 bits per heavy atom. The lowest BCUT2D eigenvalue weighted by Gasteiger charge is -2.26. The summed E-state index contributed by atoms with van der Waals surface area (Å²) in [5.74, 6) is 0.502. The number of amides is 1. The van der Waals surface area contributed by atoms with Gasteiger partial charge >= 0.3 is 0 Å². The number of piperidine rings is 1. The second kappa shape index (κ2) is 9.64. The lowest BCUT2D eigenvalue weighted by Crippen LogP contribution is -2.29. The number of pyridine rings is 1. The van der Waals surface area contributed by atoms with Crippen LogP contribution in [0.1, 0.15) is 31.2 Å². The second-order valence-electron chi connectivity index (χ2n) is 5.52. The van der Waals surface area contributed by atoms with Crippen LogP contribution in [0.2, 0.25) is 0 Å². The van der Waals surface area contributed by atoms with Crippen molar-refractivity contribution in [1.29, 1.82) is 0 Å². The van der Waals surface area contributed by atoms with Crippen LogP contribution < -0.4 is 10.1 Å². The van der Waals surface area contributed by atoms with Crippen molar-refractivity contribution < 1.29 is 9.53 Å². The molecule has 5 nitrogen and oxygen atoms in total. The van der Waals surface area contributed by atoms with Gasteiger partial charge in [-0.25, -0.2) is 4.98 Å². The molecule has 0 aliphatic carbocycles. The molecule has 1 saturated heterocycles. The van der Waals surface area contributed by atoms with E-state index >= 15 is 0 Å². The summed E-state index contributed by atoms with van der Waals surface area (Å²) in [7, 11) is 0. The van der Waals surface area contributed by atoms with Gasteiger partial charge in [-0.3, -0.25) is 9.69 Å². The first-order valence-electron chi connectivity index (χ1n) is 7.90. The molecule has 0 unspecified atom stereocenters. The van der Waals surface area contributed by atoms with Gasteiger partial charge in [0.05, 0.1) is 6.61 Å². The molecule has 1 amide bonds. The molecule has 1 N–H and O–H groups in total. The van der Waals surface area contributed by atoms with Crippen LogP contribution in [0.5, 0.6) is 5.88 Å². The first-order chi connectivity index (χ1) is 10.8. The minimum Gasteiger partial charge on any atom is -0.478 e. The number of nitrogens with one attached hydrogen (secondary N) is 1. The number of rotatable bonds is 8. The van der Waals surface area contributed by atoms with Crippen molar-refractivity contribution in [3.63, 3.8) is 0 Å². The largest absolute Gasteiger partial charge is 0.478 e. The summed E-state index contributed by atoms with van der Waals surface area (Å²) >= 11 is 5.40. The van der Waals surface area contributed by atoms with E-state index in [9.17, 15) is 4.79 Å². The molecule has 0 spiro atoms. The molecule has 122 valence electrons. The van der Waals surface area contributed by atoms with Crippen molar-refractivity contribution in [3.8, 4) is 5.88 Å². The molecule has 0 bridgehead atoms. The van der Waals surface area contributed by atoms with Crippen LogP contribution in [-0.2, 0) is 11.3 Å². The molecule has 1 aromatic heterocycles. The van der Waals surface area contributed by atoms with Crippen LogP contribution in [0, 0.1) is 0 Å². The van der Waals surface area contributed by atoms with E-state index in [4.69, 9.17) is 16.3 Å². The van der Waals surface area contributed by atoms with Gasteiger partial charge in [0, 0.05) is 25.4 Å². The van der Waals surface area contributed by atoms with Gasteiger partial charge in [-0.1, -0.05) is 6.42 Å². The molecule has 1 aliphatic rings. The number of aromatic nitrogens is 1. The Hall–Kier alpha value is -1.33. The predicted octanol–water partition coefficient (Wildman–Crippen LogP) is 2.19. The Morgan fingerprint density at radius 2 is 2.18 bits per heavy atom. The van der Waals surface area contributed by atoms with Crippen LogP contribution in [0.4, 0.5) is 0 Å². The number of alkyl halides is 1. The van der Waals surface area contributed by atoms with E-state index in [1.165, 1.54) is 37.9 Å². The van der Waals surface area contributed by atoms with Gasteiger partial charge in [-0.2, -0.15) is 0 Å². The molecule has 1 aliphatic heterocycles. The number of nitrogens with zero attached hydrogens (tertiary/aromatic N) is 2. The molecule has 6 heteroatoms. The average Bonchev–Trinajstić information content (AvgIpc) is 2.55. The van der Waals surface area contributed by atoms with E-state index in [1.807, 2.05) is 12.1 Å². The quantitative estimate of drug-likeness (QED) is 0.588. The number of hydrogen-bond donors (Lipinski definition) is 1. The van der Waals surface area contributed by atoms with Gasteiger partial charge in [-0.05, 0) is 44.0 Å². The predicted molar refractivity (Wildman–Crippen MR) is 87.2 cm³/mol. The van der Waals surface area contributed by atoms with Gasteiger partial charge in [-0.15, -0.1) is 11.6 Å². The maximum absolute atomic E-state index is 11.0. The smallest absolute Gasteiger partial charge is 0.234 e. The van der Waals surface area contributed by atoms with E-state index < -0.39 is 0 Å². The van der Waals surface area contributed by atoms with Crippen molar-refractivity contribution in [2.24, 2.45) is 0 Å². The number of likely N-dealkylation sites (tertiary alicyclic amines) is 1. The molecule has 1 fully saturated rings. The Labute approximate surface area is 137 Å². The molecule has 0 aromatic carbocycles. The van der Waals surface area contributed by atoms with Gasteiger partial charge < -0.3 is 10.1 Å². The minimum absolute atomic E-state index is 0.000950. The Balaban J connectivity index is 1.70. The number of carbonyl (C=O) groups is 1. The maximum Gasteiger partial charge on any atom is 0.234 e. The highest BCUT2D eigenvalue weighted by Gasteiger charge is 2.10. The highest BCUT2D eigenvalue weighted by molar-refractivity contribution is 6.27. The fourth-order valence-electron chi connectivity index (χ4n) is 2.53. The van der Waals surface area contributed by atoms with Gasteiger partial charge in [0.15, 0.2) is 0 Å². The van der Waals surface area contributed by atoms with Crippen molar-refractivity contribution in [2.75, 3.05) is 32.1 Å². The van der Waals surface area contributed by atoms with Gasteiger partial charge in [0.25, 0.3) is 0 Å². The Morgan fingerprint density at radius 3 is 2.95 bits per heavy atom. The maximum atomic E-state index is 11.0. The van der Waals surface area contributed by atoms with Crippen molar-refractivity contribution in [2.45, 2.75) is 32.2 Å². The summed E-state index contributed by atoms with van der Waals surface area (Å²) < 4.78 is 5.64. The fourth-order valence-corrected chi connectivity index (χ4v) is 2.62. The molecule has 0 saturated carbocycles. The monoisotopic (exact) mass is 325 g/mol. The second-order valence-corrected chi connectivity index (χ2v) is 5.79. The topological polar surface area (TPSA) is 54.5 Å². The van der Waals surface area contributed by atoms with Crippen LogP contribution in [0.3, 0.4) is 0 Å². The summed E-state index contributed by atoms with van der Waals surface area (Å²) in [6, 6.07) is 4.05. The SMILES string of the molecule is O=C(CCl)NCCCOc1cc(CN2CCCCC2)ccn1. The number of carbonyl (C=O) groups excluding carboxylic acids is 1. The Kier molecular flexibility index (Phi) is 7.46. The third kappa shape index (κ3) is 6.20. The van der Waals surface area contributed by atoms with Crippen LogP contribution in [-0.4, -0.2) is 47.9 Å². The van der Waals surface area contributed by atoms with Crippen LogP contribution in [0.15, 0.2) is 18.3 Å². The summed E-state index contributed by atoms with van der Waals surface area (Å²) in [4.78, 5) is 17.7. The standard InChI is InChI=1S/C16H24ClN3O2/c17-12-15(21)18-6-4-10-22-16-11-14(5-7-19-16)13-20-8-2-1-3-9-20/h5,7,11H,1-4,6,8-10,12-13H2,(H,18,21). The van der Waals surface area contributed by atoms with Crippen molar-refractivity contribution >= 4 is 17.5 Å². The number of ether oxygens (including phenoxy) is 1. The zero-order chi connectivity index (χ0) is 15.6. The molecule has 2 rings (SSSR count). The Bertz CT molecular complexity index is 464. The van der Waals surface area contributed by atoms with Gasteiger partial charge in [0.1, 0.15) is 5.88 Å². The van der Waals surface area contributed by atoms with E-state index in [2.05, 4.69) is 15.2 Å². The molecular formula is C16H24ClN3O2. The number of hydrogen-bond acceptors (Lipinski definition) is 4. The molecule has 0 radical (unpaired) electrons. The zero-order valence-corrected chi connectivity index (χ0v) is 13.6. The van der Waals surface area contributed by atoms with E-state index in [1.54, 1.807) is 6.20 Å². The normalized spacial score (nSPS) is 15.5. The molecule has 2 heterocycles. The summed E-state index contributed by atoms with van der Waals surface area (Å²) in [6.07, 6.45) is 6.47. The van der Waals surface area contributed by atoms with Gasteiger partial charge in [0.2, 0.25) is 11.8 Å². The fraction of sp³-hybridized carbons (Fsp3) is 0.625. The third-order valence-electron chi connectivity index (χ3n) is 3.67. The van der Waals surface area contributed by atoms with E-state index in [0.29, 0.717) is 19.0 Å². The lowest BCUT2D eigenvalue weighted by atomic mass is 10.1. The van der Waals surface area contributed by atoms with E-state index in [-0.39, 0.29) is 11.8 Å². The molecular weight excluding hydrogens is 302 g/mol. The third-order valence-corrected chi connectivity index (χ3v) is 3.91. The van der Waals surface area contributed by atoms with E-state index in [0.717, 1.165) is 13.0 Å². The van der Waals surface area contributed by atoms with Crippen LogP contribution in [0.25, 0.3) is 0 Å². The first kappa shape index (κ1) is 17.0. The first-order valence-corrected chi connectivity index (χ1v) is 8.44. The molecule has 1 aromatic rings. The molecule has 22 heavy (non-hydrogen) atoms. The summed E-state index contributed by atoms with van der Waals surface area (Å²) in [5.41, 5.74) is 1.24. The highest BCUT2D eigenvalue weighted by Crippen LogP contribution is 2.15. The number of halogens is 1. The highest BCUT2D eigenvalue weighted by atomic mass is 35.5. The molecule has 0 atom stereocenters. The lowest BCUT2D eigenvalue weighted by molar-refractivity contribution is -0.118. The van der Waals surface area contributed by atoms with Crippen molar-refractivity contribution in [1.82, 2.24) is 15.2 Å². The van der Waals surface area contributed by atoms with Crippen LogP contribution >= 0.6 is 11.6 Å². The zero-order valence-electron chi connectivity index (χ0n) is 12.9. The average molecular weight is 326 g/mol. The summed E-state index contributed by atoms with van der Waals surface area (Å²) in [6.45, 7) is 4.42. The summed E-state index contributed by atoms with van der Waals surface area (Å²) in [5, 5.41) is 2.71. The van der Waals surface area contributed by atoms with Crippen molar-refractivity contribution in [3.05, 3.63) is 23.9 Å². The minimum atomic E-state index is -0.150.